The fourth-order valence-corrected chi connectivity index (χ4v) is 2.55. The van der Waals surface area contributed by atoms with E-state index in [0.717, 1.165) is 23.0 Å². The molecule has 4 aromatic heterocycles. The average Bonchev–Trinajstić information content (AvgIpc) is 3.37. The van der Waals surface area contributed by atoms with Gasteiger partial charge in [0.2, 0.25) is 0 Å². The van der Waals surface area contributed by atoms with Crippen molar-refractivity contribution < 1.29 is 8.83 Å². The van der Waals surface area contributed by atoms with Crippen LogP contribution in [0.25, 0.3) is 5.82 Å². The predicted molar refractivity (Wildman–Crippen MR) is 91.2 cm³/mol. The monoisotopic (exact) mass is 335 g/mol. The second kappa shape index (κ2) is 6.64. The molecule has 0 N–H and O–H groups in total. The van der Waals surface area contributed by atoms with E-state index in [9.17, 15) is 0 Å². The molecule has 0 radical (unpaired) electrons. The first-order chi connectivity index (χ1) is 12.3. The van der Waals surface area contributed by atoms with E-state index in [0.29, 0.717) is 18.9 Å². The van der Waals surface area contributed by atoms with E-state index in [1.54, 1.807) is 17.2 Å². The van der Waals surface area contributed by atoms with Crippen LogP contribution in [0.15, 0.2) is 70.0 Å². The molecule has 0 aliphatic rings. The predicted octanol–water partition coefficient (Wildman–Crippen LogP) is 3.36. The summed E-state index contributed by atoms with van der Waals surface area (Å²) in [7, 11) is 0. The molecule has 0 aliphatic heterocycles. The maximum atomic E-state index is 5.47. The molecule has 0 atom stereocenters. The number of nitrogens with zero attached hydrogens (tertiary/aromatic N) is 5. The second-order valence-corrected chi connectivity index (χ2v) is 5.67. The zero-order chi connectivity index (χ0) is 17.1. The molecule has 0 saturated heterocycles. The first-order valence-corrected chi connectivity index (χ1v) is 7.94. The maximum Gasteiger partial charge on any atom is 0.175 e. The van der Waals surface area contributed by atoms with Gasteiger partial charge in [0.15, 0.2) is 11.6 Å². The van der Waals surface area contributed by atoms with E-state index >= 15 is 0 Å². The normalized spacial score (nSPS) is 10.9. The number of furan rings is 2. The first-order valence-electron chi connectivity index (χ1n) is 7.94. The minimum absolute atomic E-state index is 0.572. The molecular formula is C18H17N5O2. The van der Waals surface area contributed by atoms with E-state index in [4.69, 9.17) is 8.83 Å². The minimum atomic E-state index is 0.572. The molecule has 0 aliphatic carbocycles. The van der Waals surface area contributed by atoms with Crippen molar-refractivity contribution in [3.63, 3.8) is 0 Å². The van der Waals surface area contributed by atoms with Crippen molar-refractivity contribution in [2.45, 2.75) is 20.0 Å². The Morgan fingerprint density at radius 1 is 0.920 bits per heavy atom. The van der Waals surface area contributed by atoms with Crippen LogP contribution in [0, 0.1) is 6.92 Å². The van der Waals surface area contributed by atoms with Crippen LogP contribution in [-0.4, -0.2) is 20.0 Å². The van der Waals surface area contributed by atoms with Gasteiger partial charge >= 0.3 is 0 Å². The van der Waals surface area contributed by atoms with Gasteiger partial charge in [0.25, 0.3) is 0 Å². The van der Waals surface area contributed by atoms with Gasteiger partial charge in [0.1, 0.15) is 11.5 Å². The minimum Gasteiger partial charge on any atom is -0.467 e. The number of hydrogen-bond acceptors (Lipinski definition) is 6. The van der Waals surface area contributed by atoms with E-state index in [-0.39, 0.29) is 0 Å². The van der Waals surface area contributed by atoms with E-state index < -0.39 is 0 Å². The quantitative estimate of drug-likeness (QED) is 0.538. The van der Waals surface area contributed by atoms with Gasteiger partial charge in [-0.15, -0.1) is 10.2 Å². The highest BCUT2D eigenvalue weighted by atomic mass is 16.3. The van der Waals surface area contributed by atoms with Crippen LogP contribution in [-0.2, 0) is 13.1 Å². The van der Waals surface area contributed by atoms with Gasteiger partial charge in [0.05, 0.1) is 31.3 Å². The van der Waals surface area contributed by atoms with E-state index in [2.05, 4.69) is 15.3 Å². The molecule has 0 spiro atoms. The van der Waals surface area contributed by atoms with Gasteiger partial charge in [0, 0.05) is 6.20 Å². The molecule has 4 rings (SSSR count). The molecule has 0 amide bonds. The lowest BCUT2D eigenvalue weighted by atomic mass is 10.3. The van der Waals surface area contributed by atoms with Gasteiger partial charge in [-0.1, -0.05) is 0 Å². The van der Waals surface area contributed by atoms with Crippen LogP contribution in [0.5, 0.6) is 0 Å². The Labute approximate surface area is 144 Å². The number of rotatable bonds is 6. The molecule has 4 aromatic rings. The fourth-order valence-electron chi connectivity index (χ4n) is 2.55. The van der Waals surface area contributed by atoms with Crippen molar-refractivity contribution in [3.8, 4) is 5.82 Å². The van der Waals surface area contributed by atoms with Gasteiger partial charge in [-0.25, -0.2) is 4.68 Å². The number of anilines is 1. The van der Waals surface area contributed by atoms with Crippen LogP contribution in [0.4, 0.5) is 5.82 Å². The molecule has 4 heterocycles. The third-order valence-corrected chi connectivity index (χ3v) is 3.77. The summed E-state index contributed by atoms with van der Waals surface area (Å²) in [6, 6.07) is 13.4. The van der Waals surface area contributed by atoms with Crippen molar-refractivity contribution >= 4 is 5.82 Å². The lowest BCUT2D eigenvalue weighted by Gasteiger charge is -2.21. The lowest BCUT2D eigenvalue weighted by Crippen LogP contribution is -2.23. The SMILES string of the molecule is Cc1ccn(-c2ccc(N(Cc3ccco3)Cc3ccco3)nn2)n1. The van der Waals surface area contributed by atoms with Crippen molar-refractivity contribution in [2.75, 3.05) is 4.90 Å². The number of aryl methyl sites for hydroxylation is 1. The Bertz CT molecular complexity index is 875. The fraction of sp³-hybridized carbons (Fsp3) is 0.167. The summed E-state index contributed by atoms with van der Waals surface area (Å²) in [5.41, 5.74) is 0.933. The zero-order valence-electron chi connectivity index (χ0n) is 13.7. The smallest absolute Gasteiger partial charge is 0.175 e. The molecule has 0 fully saturated rings. The summed E-state index contributed by atoms with van der Waals surface area (Å²) in [5.74, 6) is 3.11. The molecule has 0 saturated carbocycles. The summed E-state index contributed by atoms with van der Waals surface area (Å²) in [6.07, 6.45) is 5.19. The van der Waals surface area contributed by atoms with Crippen molar-refractivity contribution in [2.24, 2.45) is 0 Å². The summed E-state index contributed by atoms with van der Waals surface area (Å²) in [5, 5.41) is 13.0. The zero-order valence-corrected chi connectivity index (χ0v) is 13.7. The Balaban J connectivity index is 1.59. The third-order valence-electron chi connectivity index (χ3n) is 3.77. The molecule has 0 aromatic carbocycles. The topological polar surface area (TPSA) is 73.1 Å². The highest BCUT2D eigenvalue weighted by Crippen LogP contribution is 2.19. The van der Waals surface area contributed by atoms with Crippen molar-refractivity contribution in [3.05, 3.63) is 78.4 Å². The molecule has 25 heavy (non-hydrogen) atoms. The van der Waals surface area contributed by atoms with Gasteiger partial charge in [-0.3, -0.25) is 0 Å². The van der Waals surface area contributed by atoms with Crippen LogP contribution in [0.2, 0.25) is 0 Å². The van der Waals surface area contributed by atoms with Crippen LogP contribution in [0.1, 0.15) is 17.2 Å². The Kier molecular flexibility index (Phi) is 4.04. The lowest BCUT2D eigenvalue weighted by molar-refractivity contribution is 0.475. The first kappa shape index (κ1) is 15.2. The molecule has 7 nitrogen and oxygen atoms in total. The third kappa shape index (κ3) is 3.45. The van der Waals surface area contributed by atoms with E-state index in [1.807, 2.05) is 60.5 Å². The standard InChI is InChI=1S/C18H17N5O2/c1-14-8-9-23(21-14)18-7-6-17(19-20-18)22(12-15-4-2-10-24-15)13-16-5-3-11-25-16/h2-11H,12-13H2,1H3. The van der Waals surface area contributed by atoms with Gasteiger partial charge < -0.3 is 13.7 Å². The van der Waals surface area contributed by atoms with E-state index in [1.165, 1.54) is 0 Å². The van der Waals surface area contributed by atoms with Crippen LogP contribution >= 0.6 is 0 Å². The summed E-state index contributed by atoms with van der Waals surface area (Å²) in [4.78, 5) is 2.04. The number of hydrogen-bond donors (Lipinski definition) is 0. The summed E-state index contributed by atoms with van der Waals surface area (Å²) in [6.45, 7) is 3.08. The molecular weight excluding hydrogens is 318 g/mol. The summed E-state index contributed by atoms with van der Waals surface area (Å²) >= 11 is 0. The Morgan fingerprint density at radius 2 is 1.64 bits per heavy atom. The molecule has 0 unspecified atom stereocenters. The van der Waals surface area contributed by atoms with Crippen LogP contribution in [0.3, 0.4) is 0 Å². The maximum absolute atomic E-state index is 5.47. The molecule has 0 bridgehead atoms. The largest absolute Gasteiger partial charge is 0.467 e. The van der Waals surface area contributed by atoms with Crippen molar-refractivity contribution in [1.29, 1.82) is 0 Å². The van der Waals surface area contributed by atoms with Crippen molar-refractivity contribution in [1.82, 2.24) is 20.0 Å². The van der Waals surface area contributed by atoms with Gasteiger partial charge in [-0.2, -0.15) is 5.10 Å². The van der Waals surface area contributed by atoms with Crippen LogP contribution < -0.4 is 4.90 Å². The van der Waals surface area contributed by atoms with Gasteiger partial charge in [-0.05, 0) is 49.4 Å². The Morgan fingerprint density at radius 3 is 2.12 bits per heavy atom. The number of aromatic nitrogens is 4. The highest BCUT2D eigenvalue weighted by Gasteiger charge is 2.14. The summed E-state index contributed by atoms with van der Waals surface area (Å²) < 4.78 is 12.6. The average molecular weight is 335 g/mol. The Hall–Kier alpha value is -3.35. The molecule has 7 heteroatoms. The highest BCUT2D eigenvalue weighted by molar-refractivity contribution is 5.40. The molecule has 126 valence electrons. The second-order valence-electron chi connectivity index (χ2n) is 5.67.